The third-order valence-corrected chi connectivity index (χ3v) is 4.19. The van der Waals surface area contributed by atoms with E-state index < -0.39 is 6.10 Å². The molecule has 0 radical (unpaired) electrons. The Hall–Kier alpha value is -0.540. The normalized spacial score (nSPS) is 12.8. The Labute approximate surface area is 108 Å². The maximum absolute atomic E-state index is 10.1. The summed E-state index contributed by atoms with van der Waals surface area (Å²) in [5.74, 6) is 0. The van der Waals surface area contributed by atoms with E-state index in [1.807, 2.05) is 25.1 Å². The van der Waals surface area contributed by atoms with E-state index in [1.54, 1.807) is 12.1 Å². The zero-order valence-corrected chi connectivity index (χ0v) is 10.9. The van der Waals surface area contributed by atoms with Gasteiger partial charge in [0.05, 0.1) is 4.34 Å². The highest BCUT2D eigenvalue weighted by Crippen LogP contribution is 2.34. The molecule has 0 bridgehead atoms. The first-order chi connectivity index (χ1) is 7.58. The van der Waals surface area contributed by atoms with Gasteiger partial charge in [-0.3, -0.25) is 0 Å². The zero-order valence-electron chi connectivity index (χ0n) is 8.58. The third kappa shape index (κ3) is 2.41. The van der Waals surface area contributed by atoms with Crippen LogP contribution in [0.2, 0.25) is 9.36 Å². The molecule has 1 aromatic carbocycles. The van der Waals surface area contributed by atoms with E-state index >= 15 is 0 Å². The fourth-order valence-corrected chi connectivity index (χ4v) is 2.79. The van der Waals surface area contributed by atoms with Gasteiger partial charge in [-0.25, -0.2) is 0 Å². The minimum Gasteiger partial charge on any atom is -0.383 e. The Morgan fingerprint density at radius 3 is 2.31 bits per heavy atom. The average molecular weight is 273 g/mol. The molecule has 84 valence electrons. The molecule has 1 unspecified atom stereocenters. The summed E-state index contributed by atoms with van der Waals surface area (Å²) in [5.41, 5.74) is 1.82. The summed E-state index contributed by atoms with van der Waals surface area (Å²) in [6, 6.07) is 9.07. The van der Waals surface area contributed by atoms with E-state index in [9.17, 15) is 5.11 Å². The molecule has 4 heteroatoms. The SMILES string of the molecule is Cc1cc(C(O)c2ccc(Cl)cc2)sc1Cl. The number of aliphatic hydroxyl groups is 1. The summed E-state index contributed by atoms with van der Waals surface area (Å²) >= 11 is 13.2. The van der Waals surface area contributed by atoms with Gasteiger partial charge in [0.25, 0.3) is 0 Å². The lowest BCUT2D eigenvalue weighted by molar-refractivity contribution is 0.224. The molecule has 1 aromatic heterocycles. The van der Waals surface area contributed by atoms with Crippen LogP contribution in [0, 0.1) is 6.92 Å². The number of hydrogen-bond donors (Lipinski definition) is 1. The standard InChI is InChI=1S/C12H10Cl2OS/c1-7-6-10(16-12(7)14)11(15)8-2-4-9(13)5-3-8/h2-6,11,15H,1H3. The summed E-state index contributed by atoms with van der Waals surface area (Å²) in [5, 5.41) is 10.8. The minimum absolute atomic E-state index is 0.631. The van der Waals surface area contributed by atoms with Gasteiger partial charge in [-0.15, -0.1) is 11.3 Å². The number of benzene rings is 1. The molecule has 0 fully saturated rings. The zero-order chi connectivity index (χ0) is 11.7. The van der Waals surface area contributed by atoms with Crippen molar-refractivity contribution in [3.8, 4) is 0 Å². The number of thiophene rings is 1. The van der Waals surface area contributed by atoms with E-state index in [-0.39, 0.29) is 0 Å². The van der Waals surface area contributed by atoms with Crippen molar-refractivity contribution in [3.05, 3.63) is 55.7 Å². The second-order valence-electron chi connectivity index (χ2n) is 3.56. The first-order valence-corrected chi connectivity index (χ1v) is 6.34. The van der Waals surface area contributed by atoms with Crippen molar-refractivity contribution in [3.63, 3.8) is 0 Å². The van der Waals surface area contributed by atoms with Crippen molar-refractivity contribution < 1.29 is 5.11 Å². The van der Waals surface area contributed by atoms with Crippen molar-refractivity contribution in [2.24, 2.45) is 0 Å². The summed E-state index contributed by atoms with van der Waals surface area (Å²) < 4.78 is 0.725. The summed E-state index contributed by atoms with van der Waals surface area (Å²) in [7, 11) is 0. The molecule has 16 heavy (non-hydrogen) atoms. The molecule has 2 aromatic rings. The molecule has 0 amide bonds. The van der Waals surface area contributed by atoms with Gasteiger partial charge in [0.15, 0.2) is 0 Å². The highest BCUT2D eigenvalue weighted by atomic mass is 35.5. The quantitative estimate of drug-likeness (QED) is 0.857. The molecule has 1 nitrogen and oxygen atoms in total. The molecule has 0 saturated carbocycles. The average Bonchev–Trinajstić information content (AvgIpc) is 2.59. The van der Waals surface area contributed by atoms with Crippen LogP contribution in [-0.2, 0) is 0 Å². The third-order valence-electron chi connectivity index (χ3n) is 2.33. The van der Waals surface area contributed by atoms with Crippen molar-refractivity contribution in [2.75, 3.05) is 0 Å². The summed E-state index contributed by atoms with van der Waals surface area (Å²) in [6.07, 6.45) is -0.631. The van der Waals surface area contributed by atoms with Crippen LogP contribution >= 0.6 is 34.5 Å². The van der Waals surface area contributed by atoms with Crippen LogP contribution in [0.25, 0.3) is 0 Å². The van der Waals surface area contributed by atoms with Gasteiger partial charge in [0.1, 0.15) is 6.10 Å². The van der Waals surface area contributed by atoms with Gasteiger partial charge in [0, 0.05) is 9.90 Å². The summed E-state index contributed by atoms with van der Waals surface area (Å²) in [6.45, 7) is 1.93. The van der Waals surface area contributed by atoms with Gasteiger partial charge in [-0.1, -0.05) is 35.3 Å². The maximum atomic E-state index is 10.1. The van der Waals surface area contributed by atoms with Crippen LogP contribution in [0.15, 0.2) is 30.3 Å². The molecule has 0 aliphatic heterocycles. The first-order valence-electron chi connectivity index (χ1n) is 4.77. The fraction of sp³-hybridized carbons (Fsp3) is 0.167. The Morgan fingerprint density at radius 2 is 1.81 bits per heavy atom. The van der Waals surface area contributed by atoms with Gasteiger partial charge in [0.2, 0.25) is 0 Å². The molecule has 1 N–H and O–H groups in total. The topological polar surface area (TPSA) is 20.2 Å². The smallest absolute Gasteiger partial charge is 0.113 e. The molecule has 0 saturated heterocycles. The lowest BCUT2D eigenvalue weighted by Crippen LogP contribution is -1.96. The van der Waals surface area contributed by atoms with Crippen molar-refractivity contribution in [1.29, 1.82) is 0 Å². The maximum Gasteiger partial charge on any atom is 0.113 e. The molecule has 0 aliphatic carbocycles. The Bertz CT molecular complexity index is 471. The lowest BCUT2D eigenvalue weighted by atomic mass is 10.1. The van der Waals surface area contributed by atoms with E-state index in [0.29, 0.717) is 5.02 Å². The van der Waals surface area contributed by atoms with Crippen LogP contribution in [-0.4, -0.2) is 5.11 Å². The number of halogens is 2. The van der Waals surface area contributed by atoms with Crippen molar-refractivity contribution in [2.45, 2.75) is 13.0 Å². The molecule has 2 rings (SSSR count). The predicted molar refractivity (Wildman–Crippen MR) is 69.6 cm³/mol. The van der Waals surface area contributed by atoms with Crippen LogP contribution in [0.4, 0.5) is 0 Å². The second kappa shape index (κ2) is 4.76. The second-order valence-corrected chi connectivity index (χ2v) is 5.68. The van der Waals surface area contributed by atoms with Crippen molar-refractivity contribution in [1.82, 2.24) is 0 Å². The number of aliphatic hydroxyl groups excluding tert-OH is 1. The molecule has 1 heterocycles. The first kappa shape index (κ1) is 11.9. The van der Waals surface area contributed by atoms with Crippen molar-refractivity contribution >= 4 is 34.5 Å². The Kier molecular flexibility index (Phi) is 3.55. The van der Waals surface area contributed by atoms with Crippen LogP contribution in [0.3, 0.4) is 0 Å². The number of aryl methyl sites for hydroxylation is 1. The van der Waals surface area contributed by atoms with Gasteiger partial charge in [-0.2, -0.15) is 0 Å². The highest BCUT2D eigenvalue weighted by Gasteiger charge is 2.14. The molecule has 1 atom stereocenters. The highest BCUT2D eigenvalue weighted by molar-refractivity contribution is 7.16. The lowest BCUT2D eigenvalue weighted by Gasteiger charge is -2.08. The fourth-order valence-electron chi connectivity index (χ4n) is 1.43. The molecule has 0 spiro atoms. The van der Waals surface area contributed by atoms with Gasteiger partial charge in [-0.05, 0) is 36.2 Å². The number of rotatable bonds is 2. The number of hydrogen-bond acceptors (Lipinski definition) is 2. The van der Waals surface area contributed by atoms with Crippen LogP contribution in [0.1, 0.15) is 22.1 Å². The predicted octanol–water partition coefficient (Wildman–Crippen LogP) is 4.45. The van der Waals surface area contributed by atoms with Crippen LogP contribution in [0.5, 0.6) is 0 Å². The molecule has 0 aliphatic rings. The monoisotopic (exact) mass is 272 g/mol. The van der Waals surface area contributed by atoms with E-state index in [2.05, 4.69) is 0 Å². The molecular formula is C12H10Cl2OS. The summed E-state index contributed by atoms with van der Waals surface area (Å²) in [4.78, 5) is 0.852. The van der Waals surface area contributed by atoms with E-state index in [0.717, 1.165) is 20.3 Å². The van der Waals surface area contributed by atoms with Gasteiger partial charge < -0.3 is 5.11 Å². The van der Waals surface area contributed by atoms with E-state index in [1.165, 1.54) is 11.3 Å². The Morgan fingerprint density at radius 1 is 1.19 bits per heavy atom. The van der Waals surface area contributed by atoms with E-state index in [4.69, 9.17) is 23.2 Å². The molecular weight excluding hydrogens is 263 g/mol. The van der Waals surface area contributed by atoms with Gasteiger partial charge >= 0.3 is 0 Å². The van der Waals surface area contributed by atoms with Crippen LogP contribution < -0.4 is 0 Å². The Balaban J connectivity index is 2.31. The minimum atomic E-state index is -0.631. The largest absolute Gasteiger partial charge is 0.383 e.